The van der Waals surface area contributed by atoms with Gasteiger partial charge in [0.05, 0.1) is 18.4 Å². The van der Waals surface area contributed by atoms with Crippen LogP contribution in [0.3, 0.4) is 0 Å². The van der Waals surface area contributed by atoms with Gasteiger partial charge in [-0.05, 0) is 63.1 Å². The molecule has 3 aromatic rings. The van der Waals surface area contributed by atoms with Gasteiger partial charge in [0, 0.05) is 41.2 Å². The maximum absolute atomic E-state index is 12.1. The predicted octanol–water partition coefficient (Wildman–Crippen LogP) is 6.28. The van der Waals surface area contributed by atoms with E-state index in [9.17, 15) is 9.59 Å². The first-order valence-electron chi connectivity index (χ1n) is 12.6. The number of aliphatic imine (C=N–C) groups is 1. The third-order valence-electron chi connectivity index (χ3n) is 5.55. The highest BCUT2D eigenvalue weighted by Gasteiger charge is 2.13. The zero-order valence-corrected chi connectivity index (χ0v) is 22.1. The third-order valence-corrected chi connectivity index (χ3v) is 5.81. The van der Waals surface area contributed by atoms with Crippen LogP contribution in [0.4, 0.5) is 5.69 Å². The molecule has 194 valence electrons. The maximum atomic E-state index is 12.1. The van der Waals surface area contributed by atoms with Crippen molar-refractivity contribution >= 4 is 34.8 Å². The Hall–Kier alpha value is -3.64. The molecular weight excluding hydrogens is 486 g/mol. The predicted molar refractivity (Wildman–Crippen MR) is 151 cm³/mol. The van der Waals surface area contributed by atoms with Gasteiger partial charge in [0.1, 0.15) is 5.75 Å². The van der Waals surface area contributed by atoms with Crippen LogP contribution in [0.5, 0.6) is 5.75 Å². The van der Waals surface area contributed by atoms with Gasteiger partial charge in [0.2, 0.25) is 11.8 Å². The average molecular weight is 520 g/mol. The van der Waals surface area contributed by atoms with E-state index >= 15 is 0 Å². The van der Waals surface area contributed by atoms with Crippen LogP contribution in [0, 0.1) is 0 Å². The topological polar surface area (TPSA) is 79.8 Å². The molecule has 3 rings (SSSR count). The number of carbonyl (C=O) groups excluding carboxylic acids is 2. The lowest BCUT2D eigenvalue weighted by atomic mass is 10.0. The minimum atomic E-state index is -0.205. The van der Waals surface area contributed by atoms with Crippen LogP contribution in [-0.4, -0.2) is 36.7 Å². The lowest BCUT2D eigenvalue weighted by Gasteiger charge is -2.14. The number of hydrogen-bond acceptors (Lipinski definition) is 4. The van der Waals surface area contributed by atoms with Gasteiger partial charge in [-0.15, -0.1) is 0 Å². The fourth-order valence-corrected chi connectivity index (χ4v) is 3.91. The smallest absolute Gasteiger partial charge is 0.224 e. The van der Waals surface area contributed by atoms with E-state index in [4.69, 9.17) is 21.3 Å². The van der Waals surface area contributed by atoms with E-state index in [2.05, 4.69) is 10.6 Å². The van der Waals surface area contributed by atoms with Crippen LogP contribution in [0.25, 0.3) is 0 Å². The number of amides is 2. The second-order valence-electron chi connectivity index (χ2n) is 8.74. The lowest BCUT2D eigenvalue weighted by Crippen LogP contribution is -2.26. The van der Waals surface area contributed by atoms with E-state index in [1.165, 1.54) is 0 Å². The molecule has 0 heterocycles. The number of halogens is 1. The zero-order valence-electron chi connectivity index (χ0n) is 21.4. The maximum Gasteiger partial charge on any atom is 0.224 e. The summed E-state index contributed by atoms with van der Waals surface area (Å²) in [6.45, 7) is 4.93. The Morgan fingerprint density at radius 3 is 2.41 bits per heavy atom. The molecular formula is C30H34ClN3O3. The second kappa shape index (κ2) is 14.8. The normalized spacial score (nSPS) is 12.0. The molecule has 0 radical (unpaired) electrons. The van der Waals surface area contributed by atoms with E-state index < -0.39 is 0 Å². The molecule has 7 heteroatoms. The van der Waals surface area contributed by atoms with E-state index in [-0.39, 0.29) is 17.9 Å². The molecule has 0 spiro atoms. The van der Waals surface area contributed by atoms with E-state index in [0.717, 1.165) is 41.1 Å². The van der Waals surface area contributed by atoms with Gasteiger partial charge in [-0.25, -0.2) is 0 Å². The molecule has 6 nitrogen and oxygen atoms in total. The molecule has 1 atom stereocenters. The monoisotopic (exact) mass is 519 g/mol. The van der Waals surface area contributed by atoms with Crippen LogP contribution < -0.4 is 15.4 Å². The molecule has 2 amide bonds. The number of nitrogens with zero attached hydrogens (tertiary/aromatic N) is 1. The summed E-state index contributed by atoms with van der Waals surface area (Å²) in [5, 5.41) is 6.37. The van der Waals surface area contributed by atoms with Crippen molar-refractivity contribution in [2.45, 2.75) is 45.6 Å². The minimum absolute atomic E-state index is 0.00115. The van der Waals surface area contributed by atoms with Gasteiger partial charge in [0.25, 0.3) is 0 Å². The fraction of sp³-hybridized carbons (Fsp3) is 0.300. The first-order valence-corrected chi connectivity index (χ1v) is 13.0. The first kappa shape index (κ1) is 27.9. The molecule has 0 saturated carbocycles. The van der Waals surface area contributed by atoms with Crippen molar-refractivity contribution in [3.8, 4) is 5.75 Å². The molecule has 0 aliphatic rings. The highest BCUT2D eigenvalue weighted by molar-refractivity contribution is 6.30. The highest BCUT2D eigenvalue weighted by atomic mass is 35.5. The van der Waals surface area contributed by atoms with Crippen LogP contribution in [-0.2, 0) is 9.59 Å². The standard InChI is InChI=1S/C30H34ClN3O3/c1-3-32-29(36)20-22(2)33-30(23-15-17-25(31)18-16-23)24-10-9-13-27(21-24)37-19-8-7-14-28(35)34-26-11-5-4-6-12-26/h4-6,9-13,15-18,21-22H,3,7-8,14,19-20H2,1-2H3,(H,32,36)(H,34,35)/t22-/m1/s1. The fourth-order valence-electron chi connectivity index (χ4n) is 3.78. The summed E-state index contributed by atoms with van der Waals surface area (Å²) in [5.41, 5.74) is 3.38. The van der Waals surface area contributed by atoms with Gasteiger partial charge < -0.3 is 15.4 Å². The molecule has 0 aliphatic carbocycles. The number of ether oxygens (including phenoxy) is 1. The molecule has 2 N–H and O–H groups in total. The Balaban J connectivity index is 1.61. The van der Waals surface area contributed by atoms with Gasteiger partial charge in [-0.2, -0.15) is 0 Å². The van der Waals surface area contributed by atoms with E-state index in [1.54, 1.807) is 0 Å². The van der Waals surface area contributed by atoms with Crippen molar-refractivity contribution in [3.63, 3.8) is 0 Å². The summed E-state index contributed by atoms with van der Waals surface area (Å²) in [6, 6.07) is 24.5. The Morgan fingerprint density at radius 2 is 1.68 bits per heavy atom. The molecule has 0 aliphatic heterocycles. The molecule has 0 fully saturated rings. The Morgan fingerprint density at radius 1 is 0.919 bits per heavy atom. The van der Waals surface area contributed by atoms with Crippen molar-refractivity contribution < 1.29 is 14.3 Å². The minimum Gasteiger partial charge on any atom is -0.494 e. The molecule has 0 bridgehead atoms. The van der Waals surface area contributed by atoms with E-state index in [0.29, 0.717) is 31.0 Å². The summed E-state index contributed by atoms with van der Waals surface area (Å²) in [6.07, 6.45) is 2.23. The number of carbonyl (C=O) groups is 2. The van der Waals surface area contributed by atoms with Crippen LogP contribution in [0.2, 0.25) is 5.02 Å². The van der Waals surface area contributed by atoms with Gasteiger partial charge >= 0.3 is 0 Å². The molecule has 0 saturated heterocycles. The molecule has 0 unspecified atom stereocenters. The van der Waals surface area contributed by atoms with Gasteiger partial charge in [-0.3, -0.25) is 14.6 Å². The molecule has 37 heavy (non-hydrogen) atoms. The second-order valence-corrected chi connectivity index (χ2v) is 9.18. The number of anilines is 1. The summed E-state index contributed by atoms with van der Waals surface area (Å²) in [4.78, 5) is 29.1. The Labute approximate surface area is 224 Å². The Bertz CT molecular complexity index is 1180. The van der Waals surface area contributed by atoms with Crippen molar-refractivity contribution in [3.05, 3.63) is 95.0 Å². The van der Waals surface area contributed by atoms with Crippen molar-refractivity contribution in [2.75, 3.05) is 18.5 Å². The third kappa shape index (κ3) is 9.73. The van der Waals surface area contributed by atoms with Gasteiger partial charge in [0.15, 0.2) is 0 Å². The average Bonchev–Trinajstić information content (AvgIpc) is 2.88. The van der Waals surface area contributed by atoms with E-state index in [1.807, 2.05) is 92.7 Å². The Kier molecular flexibility index (Phi) is 11.2. The summed E-state index contributed by atoms with van der Waals surface area (Å²) in [5.74, 6) is 0.701. The van der Waals surface area contributed by atoms with Crippen molar-refractivity contribution in [1.29, 1.82) is 0 Å². The number of benzene rings is 3. The summed E-state index contributed by atoms with van der Waals surface area (Å²) >= 11 is 6.10. The molecule has 3 aromatic carbocycles. The lowest BCUT2D eigenvalue weighted by molar-refractivity contribution is -0.121. The van der Waals surface area contributed by atoms with Crippen molar-refractivity contribution in [1.82, 2.24) is 5.32 Å². The summed E-state index contributed by atoms with van der Waals surface area (Å²) in [7, 11) is 0. The van der Waals surface area contributed by atoms with Crippen LogP contribution in [0.15, 0.2) is 83.9 Å². The largest absolute Gasteiger partial charge is 0.494 e. The number of unbranched alkanes of at least 4 members (excludes halogenated alkanes) is 1. The zero-order chi connectivity index (χ0) is 26.5. The first-order chi connectivity index (χ1) is 17.9. The SMILES string of the molecule is CCNC(=O)C[C@@H](C)N=C(c1ccc(Cl)cc1)c1cccc(OCCCCC(=O)Nc2ccccc2)c1. The van der Waals surface area contributed by atoms with Crippen LogP contribution >= 0.6 is 11.6 Å². The highest BCUT2D eigenvalue weighted by Crippen LogP contribution is 2.21. The number of hydrogen-bond donors (Lipinski definition) is 2. The van der Waals surface area contributed by atoms with Crippen molar-refractivity contribution in [2.24, 2.45) is 4.99 Å². The molecule has 0 aromatic heterocycles. The number of nitrogens with one attached hydrogen (secondary N) is 2. The van der Waals surface area contributed by atoms with Gasteiger partial charge in [-0.1, -0.05) is 54.1 Å². The quantitative estimate of drug-likeness (QED) is 0.206. The summed E-state index contributed by atoms with van der Waals surface area (Å²) < 4.78 is 5.98. The number of para-hydroxylation sites is 1. The number of rotatable bonds is 13. The van der Waals surface area contributed by atoms with Crippen LogP contribution in [0.1, 0.15) is 50.7 Å².